The molecule has 4 nitrogen and oxygen atoms in total. The average molecular weight is 278 g/mol. The molecule has 2 aromatic rings. The fourth-order valence-electron chi connectivity index (χ4n) is 1.61. The van der Waals surface area contributed by atoms with Gasteiger partial charge < -0.3 is 15.6 Å². The zero-order valence-corrected chi connectivity index (χ0v) is 10.9. The molecule has 0 aliphatic rings. The zero-order valence-electron chi connectivity index (χ0n) is 10.2. The molecule has 0 aromatic heterocycles. The lowest BCUT2D eigenvalue weighted by Crippen LogP contribution is -2.01. The summed E-state index contributed by atoms with van der Waals surface area (Å²) < 4.78 is 5.57. The number of aryl methyl sites for hydroxylation is 1. The molecule has 0 radical (unpaired) electrons. The van der Waals surface area contributed by atoms with Crippen molar-refractivity contribution in [2.75, 3.05) is 5.73 Å². The second-order valence-electron chi connectivity index (χ2n) is 4.10. The fourth-order valence-corrected chi connectivity index (χ4v) is 1.77. The molecule has 98 valence electrons. The van der Waals surface area contributed by atoms with Crippen molar-refractivity contribution in [1.29, 1.82) is 0 Å². The number of nitrogen functional groups attached to an aromatic ring is 1. The Morgan fingerprint density at radius 3 is 2.63 bits per heavy atom. The number of carboxylic acid groups (broad SMARTS) is 1. The molecule has 19 heavy (non-hydrogen) atoms. The summed E-state index contributed by atoms with van der Waals surface area (Å²) in [6.45, 7) is 1.89. The highest BCUT2D eigenvalue weighted by Crippen LogP contribution is 2.32. The van der Waals surface area contributed by atoms with Crippen LogP contribution in [-0.2, 0) is 0 Å². The summed E-state index contributed by atoms with van der Waals surface area (Å²) in [5.74, 6) is -0.491. The van der Waals surface area contributed by atoms with Crippen LogP contribution in [-0.4, -0.2) is 11.1 Å². The number of hydrogen-bond acceptors (Lipinski definition) is 3. The summed E-state index contributed by atoms with van der Waals surface area (Å²) in [6.07, 6.45) is 0. The normalized spacial score (nSPS) is 10.2. The highest BCUT2D eigenvalue weighted by atomic mass is 35.5. The molecule has 0 heterocycles. The van der Waals surface area contributed by atoms with Gasteiger partial charge in [-0.1, -0.05) is 17.7 Å². The Bertz CT molecular complexity index is 641. The molecular weight excluding hydrogens is 266 g/mol. The molecule has 3 N–H and O–H groups in total. The van der Waals surface area contributed by atoms with E-state index in [0.717, 1.165) is 5.56 Å². The van der Waals surface area contributed by atoms with Crippen LogP contribution in [0.2, 0.25) is 5.02 Å². The molecular formula is C14H12ClNO3. The lowest BCUT2D eigenvalue weighted by Gasteiger charge is -2.11. The van der Waals surface area contributed by atoms with E-state index in [1.54, 1.807) is 18.2 Å². The molecule has 0 atom stereocenters. The highest BCUT2D eigenvalue weighted by Gasteiger charge is 2.13. The van der Waals surface area contributed by atoms with Crippen LogP contribution in [0.3, 0.4) is 0 Å². The van der Waals surface area contributed by atoms with Gasteiger partial charge in [-0.05, 0) is 42.8 Å². The van der Waals surface area contributed by atoms with Gasteiger partial charge in [0.1, 0.15) is 17.1 Å². The standard InChI is InChI=1S/C14H12ClNO3/c1-8-2-4-11(15)13(6-8)19-12-5-3-9(16)7-10(12)14(17)18/h2-7H,16H2,1H3,(H,17,18). The number of carboxylic acids is 1. The van der Waals surface area contributed by atoms with E-state index in [4.69, 9.17) is 27.2 Å². The molecule has 2 rings (SSSR count). The number of aromatic carboxylic acids is 1. The lowest BCUT2D eigenvalue weighted by atomic mass is 10.1. The van der Waals surface area contributed by atoms with Crippen molar-refractivity contribution in [2.24, 2.45) is 0 Å². The third-order valence-corrected chi connectivity index (χ3v) is 2.85. The van der Waals surface area contributed by atoms with E-state index in [2.05, 4.69) is 0 Å². The van der Waals surface area contributed by atoms with Gasteiger partial charge in [0.15, 0.2) is 0 Å². The number of halogens is 1. The molecule has 0 aliphatic heterocycles. The second kappa shape index (κ2) is 5.20. The minimum Gasteiger partial charge on any atom is -0.478 e. The van der Waals surface area contributed by atoms with Crippen LogP contribution in [0, 0.1) is 6.92 Å². The Hall–Kier alpha value is -2.20. The first kappa shape index (κ1) is 13.2. The number of ether oxygens (including phenoxy) is 1. The van der Waals surface area contributed by atoms with E-state index in [-0.39, 0.29) is 11.3 Å². The molecule has 5 heteroatoms. The molecule has 0 saturated heterocycles. The Morgan fingerprint density at radius 1 is 1.21 bits per heavy atom. The summed E-state index contributed by atoms with van der Waals surface area (Å²) in [7, 11) is 0. The first-order valence-electron chi connectivity index (χ1n) is 5.54. The second-order valence-corrected chi connectivity index (χ2v) is 4.50. The fraction of sp³-hybridized carbons (Fsp3) is 0.0714. The minimum absolute atomic E-state index is 0.00225. The predicted molar refractivity (Wildman–Crippen MR) is 74.1 cm³/mol. The van der Waals surface area contributed by atoms with E-state index in [1.807, 2.05) is 13.0 Å². The molecule has 2 aromatic carbocycles. The molecule has 0 unspecified atom stereocenters. The van der Waals surface area contributed by atoms with Crippen LogP contribution in [0.5, 0.6) is 11.5 Å². The Kier molecular flexibility index (Phi) is 3.62. The molecule has 0 spiro atoms. The molecule has 0 amide bonds. The first-order valence-corrected chi connectivity index (χ1v) is 5.92. The van der Waals surface area contributed by atoms with Gasteiger partial charge in [0.05, 0.1) is 5.02 Å². The van der Waals surface area contributed by atoms with E-state index >= 15 is 0 Å². The van der Waals surface area contributed by atoms with E-state index in [1.165, 1.54) is 12.1 Å². The Labute approximate surface area is 115 Å². The summed E-state index contributed by atoms with van der Waals surface area (Å²) in [5, 5.41) is 9.54. The SMILES string of the molecule is Cc1ccc(Cl)c(Oc2ccc(N)cc2C(=O)O)c1. The largest absolute Gasteiger partial charge is 0.478 e. The van der Waals surface area contributed by atoms with Crippen molar-refractivity contribution in [2.45, 2.75) is 6.92 Å². The van der Waals surface area contributed by atoms with Crippen molar-refractivity contribution in [3.05, 3.63) is 52.5 Å². The maximum absolute atomic E-state index is 11.1. The predicted octanol–water partition coefficient (Wildman–Crippen LogP) is 3.72. The molecule has 0 saturated carbocycles. The van der Waals surface area contributed by atoms with E-state index in [0.29, 0.717) is 16.5 Å². The van der Waals surface area contributed by atoms with Gasteiger partial charge in [-0.15, -0.1) is 0 Å². The summed E-state index contributed by atoms with van der Waals surface area (Å²) in [6, 6.07) is 9.72. The van der Waals surface area contributed by atoms with Gasteiger partial charge >= 0.3 is 5.97 Å². The topological polar surface area (TPSA) is 72.5 Å². The van der Waals surface area contributed by atoms with Gasteiger partial charge in [-0.25, -0.2) is 4.79 Å². The number of carbonyl (C=O) groups is 1. The first-order chi connectivity index (χ1) is 8.97. The van der Waals surface area contributed by atoms with Crippen molar-refractivity contribution in [1.82, 2.24) is 0 Å². The molecule has 0 bridgehead atoms. The molecule has 0 aliphatic carbocycles. The minimum atomic E-state index is -1.11. The van der Waals surface area contributed by atoms with Crippen LogP contribution in [0.4, 0.5) is 5.69 Å². The highest BCUT2D eigenvalue weighted by molar-refractivity contribution is 6.32. The Morgan fingerprint density at radius 2 is 1.95 bits per heavy atom. The van der Waals surface area contributed by atoms with Crippen molar-refractivity contribution >= 4 is 23.3 Å². The zero-order chi connectivity index (χ0) is 14.0. The van der Waals surface area contributed by atoms with Gasteiger partial charge in [-0.2, -0.15) is 0 Å². The number of nitrogens with two attached hydrogens (primary N) is 1. The monoisotopic (exact) mass is 277 g/mol. The third kappa shape index (κ3) is 2.98. The Balaban J connectivity index is 2.43. The number of rotatable bonds is 3. The quantitative estimate of drug-likeness (QED) is 0.839. The van der Waals surface area contributed by atoms with Gasteiger partial charge in [-0.3, -0.25) is 0 Å². The van der Waals surface area contributed by atoms with Gasteiger partial charge in [0.25, 0.3) is 0 Å². The maximum atomic E-state index is 11.1. The van der Waals surface area contributed by atoms with Crippen LogP contribution in [0.15, 0.2) is 36.4 Å². The summed E-state index contributed by atoms with van der Waals surface area (Å²) >= 11 is 6.01. The number of anilines is 1. The summed E-state index contributed by atoms with van der Waals surface area (Å²) in [5.41, 5.74) is 6.89. The van der Waals surface area contributed by atoms with E-state index in [9.17, 15) is 4.79 Å². The smallest absolute Gasteiger partial charge is 0.339 e. The average Bonchev–Trinajstić information content (AvgIpc) is 2.35. The lowest BCUT2D eigenvalue weighted by molar-refractivity contribution is 0.0694. The number of benzene rings is 2. The van der Waals surface area contributed by atoms with Gasteiger partial charge in [0, 0.05) is 5.69 Å². The van der Waals surface area contributed by atoms with Crippen LogP contribution < -0.4 is 10.5 Å². The maximum Gasteiger partial charge on any atom is 0.339 e. The third-order valence-electron chi connectivity index (χ3n) is 2.54. The van der Waals surface area contributed by atoms with E-state index < -0.39 is 5.97 Å². The summed E-state index contributed by atoms with van der Waals surface area (Å²) in [4.78, 5) is 11.1. The van der Waals surface area contributed by atoms with Crippen molar-refractivity contribution < 1.29 is 14.6 Å². The number of hydrogen-bond donors (Lipinski definition) is 2. The van der Waals surface area contributed by atoms with Crippen LogP contribution >= 0.6 is 11.6 Å². The van der Waals surface area contributed by atoms with Crippen molar-refractivity contribution in [3.8, 4) is 11.5 Å². The van der Waals surface area contributed by atoms with Gasteiger partial charge in [0.2, 0.25) is 0 Å². The van der Waals surface area contributed by atoms with Crippen LogP contribution in [0.1, 0.15) is 15.9 Å². The van der Waals surface area contributed by atoms with Crippen LogP contribution in [0.25, 0.3) is 0 Å². The molecule has 0 fully saturated rings. The van der Waals surface area contributed by atoms with Crippen molar-refractivity contribution in [3.63, 3.8) is 0 Å².